The highest BCUT2D eigenvalue weighted by Crippen LogP contribution is 2.65. The average Bonchev–Trinajstić information content (AvgIpc) is 3.53. The Balaban J connectivity index is 1.38. The Morgan fingerprint density at radius 1 is 0.926 bits per heavy atom. The van der Waals surface area contributed by atoms with Crippen molar-refractivity contribution in [2.45, 2.75) is 49.9 Å². The lowest BCUT2D eigenvalue weighted by Gasteiger charge is -2.50. The number of amides is 4. The zero-order chi connectivity index (χ0) is 38.5. The Morgan fingerprint density at radius 3 is 2.37 bits per heavy atom. The smallest absolute Gasteiger partial charge is 0.303 e. The maximum absolute atomic E-state index is 15.4. The van der Waals surface area contributed by atoms with Gasteiger partial charge in [-0.2, -0.15) is 5.01 Å². The molecule has 2 aliphatic heterocycles. The van der Waals surface area contributed by atoms with Gasteiger partial charge in [0.1, 0.15) is 5.75 Å². The minimum Gasteiger partial charge on any atom is -0.504 e. The molecule has 54 heavy (non-hydrogen) atoms. The van der Waals surface area contributed by atoms with Gasteiger partial charge >= 0.3 is 5.97 Å². The number of hydrazine groups is 1. The second kappa shape index (κ2) is 14.6. The summed E-state index contributed by atoms with van der Waals surface area (Å²) >= 11 is 12.7. The molecule has 2 heterocycles. The SMILES string of the molecule is COc1ccc([C@@]23C(=O)N(Nc4ccc(Cl)cc4Cl)C(=O)[C@@H]2C[C@@H]2C(=CC[C@@H]4C(=O)N(CCCCCC(=O)O)C(=O)[C@@H]42)[C@@H]3c2cccc(OC)c2O)cc1. The van der Waals surface area contributed by atoms with Gasteiger partial charge < -0.3 is 19.7 Å². The monoisotopic (exact) mass is 775 g/mol. The zero-order valence-corrected chi connectivity index (χ0v) is 31.1. The van der Waals surface area contributed by atoms with Gasteiger partial charge in [-0.3, -0.25) is 34.3 Å². The number of methoxy groups -OCH3 is 2. The number of allylic oxidation sites excluding steroid dienone is 2. The molecule has 2 aliphatic carbocycles. The third-order valence-corrected chi connectivity index (χ3v) is 12.1. The third-order valence-electron chi connectivity index (χ3n) is 11.5. The van der Waals surface area contributed by atoms with Crippen molar-refractivity contribution in [3.05, 3.63) is 93.5 Å². The number of para-hydroxylation sites is 1. The summed E-state index contributed by atoms with van der Waals surface area (Å²) in [5.41, 5.74) is 3.05. The van der Waals surface area contributed by atoms with Crippen molar-refractivity contribution in [1.29, 1.82) is 0 Å². The fourth-order valence-corrected chi connectivity index (χ4v) is 9.58. The van der Waals surface area contributed by atoms with Crippen molar-refractivity contribution >= 4 is 58.5 Å². The molecule has 14 heteroatoms. The van der Waals surface area contributed by atoms with Gasteiger partial charge in [-0.15, -0.1) is 0 Å². The number of hydrogen-bond donors (Lipinski definition) is 3. The Hall–Kier alpha value is -5.07. The van der Waals surface area contributed by atoms with Crippen LogP contribution in [0.1, 0.15) is 55.6 Å². The van der Waals surface area contributed by atoms with Gasteiger partial charge in [0.15, 0.2) is 11.5 Å². The first-order chi connectivity index (χ1) is 25.9. The molecule has 12 nitrogen and oxygen atoms in total. The van der Waals surface area contributed by atoms with E-state index in [2.05, 4.69) is 5.43 Å². The number of carbonyl (C=O) groups excluding carboxylic acids is 4. The van der Waals surface area contributed by atoms with E-state index in [0.29, 0.717) is 46.7 Å². The molecule has 4 aliphatic rings. The maximum Gasteiger partial charge on any atom is 0.303 e. The van der Waals surface area contributed by atoms with E-state index in [9.17, 15) is 24.3 Å². The molecule has 1 saturated carbocycles. The molecule has 3 fully saturated rings. The predicted molar refractivity (Wildman–Crippen MR) is 198 cm³/mol. The number of rotatable bonds is 12. The molecule has 3 aromatic carbocycles. The Kier molecular flexibility index (Phi) is 10.1. The first kappa shape index (κ1) is 37.3. The highest BCUT2D eigenvalue weighted by molar-refractivity contribution is 6.36. The van der Waals surface area contributed by atoms with Crippen LogP contribution >= 0.6 is 23.2 Å². The number of carbonyl (C=O) groups is 5. The molecule has 282 valence electrons. The van der Waals surface area contributed by atoms with E-state index >= 15 is 4.79 Å². The van der Waals surface area contributed by atoms with Crippen LogP contribution in [0.3, 0.4) is 0 Å². The number of hydrogen-bond acceptors (Lipinski definition) is 9. The number of phenolic OH excluding ortho intramolecular Hbond substituents is 1. The summed E-state index contributed by atoms with van der Waals surface area (Å²) < 4.78 is 11.0. The lowest BCUT2D eigenvalue weighted by atomic mass is 9.49. The molecule has 0 spiro atoms. The number of carboxylic acid groups (broad SMARTS) is 1. The molecule has 0 radical (unpaired) electrons. The van der Waals surface area contributed by atoms with Crippen LogP contribution in [0.5, 0.6) is 17.2 Å². The summed E-state index contributed by atoms with van der Waals surface area (Å²) in [7, 11) is 2.94. The second-order valence-electron chi connectivity index (χ2n) is 14.1. The number of unbranched alkanes of at least 4 members (excludes halogenated alkanes) is 2. The maximum atomic E-state index is 15.4. The number of nitrogens with zero attached hydrogens (tertiary/aromatic N) is 2. The Bertz CT molecular complexity index is 2070. The highest BCUT2D eigenvalue weighted by Gasteiger charge is 2.70. The standard InChI is InChI=1S/C40H39Cl2N3O9/c1-53-23-13-10-21(11-14-23)40-28(37(50)45(39(40)52)43-30-17-12-22(41)19-29(30)42)20-27-24(34(40)26-7-6-8-31(54-2)35(26)48)15-16-25-33(27)38(51)44(36(25)49)18-5-3-4-9-32(46)47/h6-8,10-15,17,19,25,27-28,33-34,43,48H,3-5,9,16,18,20H2,1-2H3,(H,46,47)/t25-,27+,28-,33-,34+,40+/m0/s1. The van der Waals surface area contributed by atoms with Crippen LogP contribution in [0.4, 0.5) is 5.69 Å². The van der Waals surface area contributed by atoms with Crippen LogP contribution < -0.4 is 14.9 Å². The average molecular weight is 777 g/mol. The first-order valence-corrected chi connectivity index (χ1v) is 18.6. The molecule has 0 aromatic heterocycles. The molecular weight excluding hydrogens is 737 g/mol. The van der Waals surface area contributed by atoms with Gasteiger partial charge in [0.2, 0.25) is 11.8 Å². The molecule has 6 atom stereocenters. The van der Waals surface area contributed by atoms with Crippen molar-refractivity contribution in [1.82, 2.24) is 9.91 Å². The Morgan fingerprint density at radius 2 is 1.69 bits per heavy atom. The number of ether oxygens (including phenoxy) is 2. The van der Waals surface area contributed by atoms with E-state index in [1.807, 2.05) is 6.08 Å². The van der Waals surface area contributed by atoms with Crippen LogP contribution in [-0.4, -0.2) is 70.5 Å². The molecule has 0 bridgehead atoms. The highest BCUT2D eigenvalue weighted by atomic mass is 35.5. The molecular formula is C40H39Cl2N3O9. The summed E-state index contributed by atoms with van der Waals surface area (Å²) in [5, 5.41) is 22.3. The second-order valence-corrected chi connectivity index (χ2v) is 15.0. The van der Waals surface area contributed by atoms with Gasteiger partial charge in [0, 0.05) is 29.5 Å². The van der Waals surface area contributed by atoms with Crippen molar-refractivity contribution in [2.24, 2.45) is 23.7 Å². The van der Waals surface area contributed by atoms with E-state index in [0.717, 1.165) is 5.01 Å². The number of aliphatic carboxylic acids is 1. The lowest BCUT2D eigenvalue weighted by Crippen LogP contribution is -2.53. The van der Waals surface area contributed by atoms with Crippen molar-refractivity contribution < 1.29 is 43.7 Å². The van der Waals surface area contributed by atoms with E-state index < -0.39 is 52.8 Å². The number of nitrogens with one attached hydrogen (secondary N) is 1. The molecule has 7 rings (SSSR count). The topological polar surface area (TPSA) is 163 Å². The largest absolute Gasteiger partial charge is 0.504 e. The minimum atomic E-state index is -1.65. The summed E-state index contributed by atoms with van der Waals surface area (Å²) in [6.07, 6.45) is 3.60. The number of aromatic hydroxyl groups is 1. The van der Waals surface area contributed by atoms with Gasteiger partial charge in [-0.05, 0) is 73.6 Å². The summed E-state index contributed by atoms with van der Waals surface area (Å²) in [4.78, 5) is 70.7. The molecule has 4 amide bonds. The number of phenols is 1. The molecule has 3 aromatic rings. The number of benzene rings is 3. The minimum absolute atomic E-state index is 0.00117. The number of carboxylic acids is 1. The summed E-state index contributed by atoms with van der Waals surface area (Å²) in [6, 6.07) is 16.5. The summed E-state index contributed by atoms with van der Waals surface area (Å²) in [5.74, 6) is -6.44. The summed E-state index contributed by atoms with van der Waals surface area (Å²) in [6.45, 7) is 0.155. The van der Waals surface area contributed by atoms with Gasteiger partial charge in [-0.1, -0.05) is 65.5 Å². The molecule has 2 saturated heterocycles. The van der Waals surface area contributed by atoms with Crippen molar-refractivity contribution in [3.8, 4) is 17.2 Å². The Labute approximate surface area is 321 Å². The zero-order valence-electron chi connectivity index (χ0n) is 29.6. The first-order valence-electron chi connectivity index (χ1n) is 17.8. The van der Waals surface area contributed by atoms with Crippen LogP contribution in [0.25, 0.3) is 0 Å². The fraction of sp³-hybridized carbons (Fsp3) is 0.375. The van der Waals surface area contributed by atoms with Gasteiger partial charge in [0.25, 0.3) is 11.8 Å². The van der Waals surface area contributed by atoms with Crippen LogP contribution in [0.15, 0.2) is 72.3 Å². The van der Waals surface area contributed by atoms with Gasteiger partial charge in [0.05, 0.1) is 48.1 Å². The van der Waals surface area contributed by atoms with E-state index in [4.69, 9.17) is 37.8 Å². The van der Waals surface area contributed by atoms with E-state index in [1.165, 1.54) is 25.2 Å². The number of anilines is 1. The molecule has 3 N–H and O–H groups in total. The number of likely N-dealkylation sites (tertiary alicyclic amines) is 1. The van der Waals surface area contributed by atoms with E-state index in [1.54, 1.807) is 54.6 Å². The predicted octanol–water partition coefficient (Wildman–Crippen LogP) is 6.35. The third kappa shape index (κ3) is 5.96. The van der Waals surface area contributed by atoms with Gasteiger partial charge in [-0.25, -0.2) is 0 Å². The quantitative estimate of drug-likeness (QED) is 0.107. The van der Waals surface area contributed by atoms with Crippen LogP contribution in [-0.2, 0) is 29.4 Å². The lowest BCUT2D eigenvalue weighted by molar-refractivity contribution is -0.141. The molecule has 0 unspecified atom stereocenters. The van der Waals surface area contributed by atoms with E-state index in [-0.39, 0.29) is 59.8 Å². The number of fused-ring (bicyclic) bond motifs is 4. The van der Waals surface area contributed by atoms with Crippen LogP contribution in [0, 0.1) is 23.7 Å². The van der Waals surface area contributed by atoms with Crippen molar-refractivity contribution in [2.75, 3.05) is 26.2 Å². The normalized spacial score (nSPS) is 25.9. The number of imide groups is 2. The number of halogens is 2. The fourth-order valence-electron chi connectivity index (χ4n) is 9.13. The van der Waals surface area contributed by atoms with Crippen LogP contribution in [0.2, 0.25) is 10.0 Å². The van der Waals surface area contributed by atoms with Crippen molar-refractivity contribution in [3.63, 3.8) is 0 Å².